The maximum absolute atomic E-state index is 13.4. The van der Waals surface area contributed by atoms with Crippen molar-refractivity contribution in [1.29, 1.82) is 0 Å². The summed E-state index contributed by atoms with van der Waals surface area (Å²) in [7, 11) is 0. The molecule has 4 aromatic rings. The van der Waals surface area contributed by atoms with Crippen LogP contribution < -0.4 is 20.9 Å². The summed E-state index contributed by atoms with van der Waals surface area (Å²) < 4.78 is 25.5. The predicted molar refractivity (Wildman–Crippen MR) is 139 cm³/mol. The highest BCUT2D eigenvalue weighted by Crippen LogP contribution is 2.24. The van der Waals surface area contributed by atoms with Crippen molar-refractivity contribution >= 4 is 17.3 Å². The molecule has 0 fully saturated rings. The molecule has 8 nitrogen and oxygen atoms in total. The molecule has 0 aliphatic carbocycles. The lowest BCUT2D eigenvalue weighted by Gasteiger charge is -2.15. The Morgan fingerprint density at radius 3 is 2.54 bits per heavy atom. The first-order valence-corrected chi connectivity index (χ1v) is 11.8. The molecule has 0 unspecified atom stereocenters. The average molecular weight is 503 g/mol. The molecular formula is C28H27FN4O4. The van der Waals surface area contributed by atoms with E-state index in [4.69, 9.17) is 9.47 Å². The number of nitrogens with one attached hydrogen (secondary N) is 2. The van der Waals surface area contributed by atoms with Crippen molar-refractivity contribution in [3.8, 4) is 11.4 Å². The number of carbonyl (C=O) groups excluding carboxylic acids is 1. The van der Waals surface area contributed by atoms with Crippen molar-refractivity contribution in [3.05, 3.63) is 112 Å². The molecule has 4 rings (SSSR count). The van der Waals surface area contributed by atoms with E-state index < -0.39 is 5.56 Å². The minimum atomic E-state index is -0.411. The number of anilines is 2. The van der Waals surface area contributed by atoms with E-state index in [2.05, 4.69) is 15.7 Å². The summed E-state index contributed by atoms with van der Waals surface area (Å²) in [5.74, 6) is -0.377. The first kappa shape index (κ1) is 25.6. The van der Waals surface area contributed by atoms with Crippen molar-refractivity contribution < 1.29 is 18.7 Å². The van der Waals surface area contributed by atoms with E-state index in [1.165, 1.54) is 23.0 Å². The number of aromatic nitrogens is 2. The van der Waals surface area contributed by atoms with Gasteiger partial charge < -0.3 is 20.1 Å². The van der Waals surface area contributed by atoms with Gasteiger partial charge in [0.25, 0.3) is 11.5 Å². The zero-order valence-corrected chi connectivity index (χ0v) is 20.3. The SMILES string of the molecule is CCOCCOc1cnn(-c2ccccc2)c(=O)c1Nc1cccc(C(=O)NCc2ccc(F)cc2)c1. The van der Waals surface area contributed by atoms with Crippen LogP contribution >= 0.6 is 0 Å². The smallest absolute Gasteiger partial charge is 0.299 e. The summed E-state index contributed by atoms with van der Waals surface area (Å²) in [5.41, 5.74) is 2.06. The molecule has 1 aromatic heterocycles. The van der Waals surface area contributed by atoms with Crippen LogP contribution in [0.25, 0.3) is 5.69 Å². The summed E-state index contributed by atoms with van der Waals surface area (Å²) in [6, 6.07) is 21.7. The van der Waals surface area contributed by atoms with Gasteiger partial charge in [-0.3, -0.25) is 9.59 Å². The zero-order valence-electron chi connectivity index (χ0n) is 20.3. The van der Waals surface area contributed by atoms with E-state index >= 15 is 0 Å². The minimum absolute atomic E-state index is 0.180. The van der Waals surface area contributed by atoms with Crippen molar-refractivity contribution in [2.24, 2.45) is 0 Å². The van der Waals surface area contributed by atoms with Gasteiger partial charge in [-0.15, -0.1) is 0 Å². The molecule has 0 saturated heterocycles. The first-order chi connectivity index (χ1) is 18.0. The summed E-state index contributed by atoms with van der Waals surface area (Å²) >= 11 is 0. The maximum atomic E-state index is 13.4. The van der Waals surface area contributed by atoms with Crippen LogP contribution in [-0.4, -0.2) is 35.5 Å². The topological polar surface area (TPSA) is 94.5 Å². The number of hydrogen-bond acceptors (Lipinski definition) is 6. The molecule has 3 aromatic carbocycles. The third-order valence-corrected chi connectivity index (χ3v) is 5.39. The molecular weight excluding hydrogens is 475 g/mol. The molecule has 0 aliphatic heterocycles. The third kappa shape index (κ3) is 6.80. The predicted octanol–water partition coefficient (Wildman–Crippen LogP) is 4.46. The van der Waals surface area contributed by atoms with Crippen LogP contribution in [0.2, 0.25) is 0 Å². The molecule has 190 valence electrons. The number of amides is 1. The van der Waals surface area contributed by atoms with Crippen LogP contribution in [0.1, 0.15) is 22.8 Å². The van der Waals surface area contributed by atoms with Gasteiger partial charge in [0.05, 0.1) is 18.5 Å². The maximum Gasteiger partial charge on any atom is 0.299 e. The second-order valence-electron chi connectivity index (χ2n) is 8.00. The highest BCUT2D eigenvalue weighted by molar-refractivity contribution is 5.95. The zero-order chi connectivity index (χ0) is 26.0. The molecule has 0 aliphatic rings. The van der Waals surface area contributed by atoms with Crippen LogP contribution in [0, 0.1) is 5.82 Å². The molecule has 37 heavy (non-hydrogen) atoms. The lowest BCUT2D eigenvalue weighted by Crippen LogP contribution is -2.25. The molecule has 0 saturated carbocycles. The Hall–Kier alpha value is -4.50. The van der Waals surface area contributed by atoms with Crippen molar-refractivity contribution in [2.45, 2.75) is 13.5 Å². The first-order valence-electron chi connectivity index (χ1n) is 11.8. The van der Waals surface area contributed by atoms with Gasteiger partial charge in [-0.2, -0.15) is 9.78 Å². The molecule has 0 radical (unpaired) electrons. The van der Waals surface area contributed by atoms with E-state index in [-0.39, 0.29) is 36.3 Å². The number of para-hydroxylation sites is 1. The summed E-state index contributed by atoms with van der Waals surface area (Å²) in [6.07, 6.45) is 1.47. The van der Waals surface area contributed by atoms with Crippen molar-refractivity contribution in [1.82, 2.24) is 15.1 Å². The summed E-state index contributed by atoms with van der Waals surface area (Å²) in [5, 5.41) is 10.2. The summed E-state index contributed by atoms with van der Waals surface area (Å²) in [4.78, 5) is 26.1. The molecule has 9 heteroatoms. The van der Waals surface area contributed by atoms with Gasteiger partial charge in [-0.1, -0.05) is 36.4 Å². The second kappa shape index (κ2) is 12.5. The Labute approximate surface area is 213 Å². The number of benzene rings is 3. The average Bonchev–Trinajstić information content (AvgIpc) is 2.93. The van der Waals surface area contributed by atoms with Gasteiger partial charge in [-0.25, -0.2) is 4.39 Å². The Morgan fingerprint density at radius 1 is 1.00 bits per heavy atom. The molecule has 0 spiro atoms. The minimum Gasteiger partial charge on any atom is -0.487 e. The lowest BCUT2D eigenvalue weighted by atomic mass is 10.1. The van der Waals surface area contributed by atoms with Crippen LogP contribution in [0.4, 0.5) is 15.8 Å². The Kier molecular flexibility index (Phi) is 8.62. The number of carbonyl (C=O) groups is 1. The van der Waals surface area contributed by atoms with Gasteiger partial charge in [-0.05, 0) is 55.0 Å². The number of ether oxygens (including phenoxy) is 2. The lowest BCUT2D eigenvalue weighted by molar-refractivity contribution is 0.0951. The van der Waals surface area contributed by atoms with Gasteiger partial charge in [0.2, 0.25) is 0 Å². The van der Waals surface area contributed by atoms with Gasteiger partial charge in [0, 0.05) is 24.4 Å². The molecule has 2 N–H and O–H groups in total. The standard InChI is InChI=1S/C28H27FN4O4/c1-2-36-15-16-37-25-19-31-33(24-9-4-3-5-10-24)28(35)26(25)32-23-8-6-7-21(17-23)27(34)30-18-20-11-13-22(29)14-12-20/h3-14,17,19,32H,2,15-16,18H2,1H3,(H,30,34). The number of nitrogens with zero attached hydrogens (tertiary/aromatic N) is 2. The van der Waals surface area contributed by atoms with E-state index in [1.54, 1.807) is 48.5 Å². The van der Waals surface area contributed by atoms with E-state index in [0.717, 1.165) is 5.56 Å². The quantitative estimate of drug-likeness (QED) is 0.294. The highest BCUT2D eigenvalue weighted by atomic mass is 19.1. The third-order valence-electron chi connectivity index (χ3n) is 5.39. The van der Waals surface area contributed by atoms with Crippen LogP contribution in [0.3, 0.4) is 0 Å². The fourth-order valence-electron chi connectivity index (χ4n) is 3.54. The van der Waals surface area contributed by atoms with Crippen LogP contribution in [0.5, 0.6) is 5.75 Å². The van der Waals surface area contributed by atoms with Gasteiger partial charge in [0.1, 0.15) is 12.4 Å². The molecule has 1 amide bonds. The summed E-state index contributed by atoms with van der Waals surface area (Å²) in [6.45, 7) is 3.30. The monoisotopic (exact) mass is 502 g/mol. The van der Waals surface area contributed by atoms with Crippen molar-refractivity contribution in [3.63, 3.8) is 0 Å². The van der Waals surface area contributed by atoms with E-state index in [9.17, 15) is 14.0 Å². The van der Waals surface area contributed by atoms with Crippen LogP contribution in [0.15, 0.2) is 89.9 Å². The molecule has 1 heterocycles. The van der Waals surface area contributed by atoms with Gasteiger partial charge in [0.15, 0.2) is 11.4 Å². The molecule has 0 atom stereocenters. The largest absolute Gasteiger partial charge is 0.487 e. The fourth-order valence-corrected chi connectivity index (χ4v) is 3.54. The van der Waals surface area contributed by atoms with E-state index in [1.807, 2.05) is 25.1 Å². The van der Waals surface area contributed by atoms with Crippen LogP contribution in [-0.2, 0) is 11.3 Å². The number of rotatable bonds is 11. The fraction of sp³-hybridized carbons (Fsp3) is 0.179. The highest BCUT2D eigenvalue weighted by Gasteiger charge is 2.15. The second-order valence-corrected chi connectivity index (χ2v) is 8.00. The Morgan fingerprint density at radius 2 is 1.78 bits per heavy atom. The number of hydrogen-bond donors (Lipinski definition) is 2. The number of halogens is 1. The van der Waals surface area contributed by atoms with Gasteiger partial charge >= 0.3 is 0 Å². The Balaban J connectivity index is 1.56. The molecule has 0 bridgehead atoms. The van der Waals surface area contributed by atoms with Crippen molar-refractivity contribution in [2.75, 3.05) is 25.1 Å². The Bertz CT molecular complexity index is 1390. The van der Waals surface area contributed by atoms with E-state index in [0.29, 0.717) is 30.2 Å². The normalized spacial score (nSPS) is 10.6.